The van der Waals surface area contributed by atoms with E-state index in [1.165, 1.54) is 12.1 Å². The van der Waals surface area contributed by atoms with Crippen LogP contribution in [0, 0.1) is 17.7 Å². The van der Waals surface area contributed by atoms with Crippen molar-refractivity contribution in [2.45, 2.75) is 40.2 Å². The van der Waals surface area contributed by atoms with Crippen molar-refractivity contribution in [3.8, 4) is 0 Å². The summed E-state index contributed by atoms with van der Waals surface area (Å²) in [6, 6.07) is 5.49. The van der Waals surface area contributed by atoms with E-state index < -0.39 is 0 Å². The molecule has 0 radical (unpaired) electrons. The van der Waals surface area contributed by atoms with Gasteiger partial charge in [0.05, 0.1) is 6.04 Å². The van der Waals surface area contributed by atoms with Crippen molar-refractivity contribution in [3.63, 3.8) is 0 Å². The summed E-state index contributed by atoms with van der Waals surface area (Å²) < 4.78 is 13.1. The van der Waals surface area contributed by atoms with Crippen LogP contribution in [-0.4, -0.2) is 42.5 Å². The molecule has 0 unspecified atom stereocenters. The number of rotatable bonds is 6. The van der Waals surface area contributed by atoms with Crippen LogP contribution in [0.15, 0.2) is 24.3 Å². The molecular weight excluding hydrogens is 321 g/mol. The molecule has 1 fully saturated rings. The van der Waals surface area contributed by atoms with Crippen LogP contribution in [0.5, 0.6) is 0 Å². The summed E-state index contributed by atoms with van der Waals surface area (Å²) in [4.78, 5) is 28.3. The molecule has 0 bridgehead atoms. The molecule has 3 amide bonds. The van der Waals surface area contributed by atoms with Gasteiger partial charge in [0.25, 0.3) is 0 Å². The summed E-state index contributed by atoms with van der Waals surface area (Å²) in [6.45, 7) is 10.1. The largest absolute Gasteiger partial charge is 0.333 e. The molecule has 0 aromatic heterocycles. The number of nitrogens with one attached hydrogen (secondary N) is 1. The molecule has 1 atom stereocenters. The van der Waals surface area contributed by atoms with Crippen LogP contribution in [0.4, 0.5) is 14.9 Å². The zero-order valence-corrected chi connectivity index (χ0v) is 15.5. The van der Waals surface area contributed by atoms with Crippen LogP contribution in [-0.2, 0) is 4.79 Å². The molecule has 25 heavy (non-hydrogen) atoms. The first kappa shape index (κ1) is 19.2. The van der Waals surface area contributed by atoms with Crippen LogP contribution in [0.3, 0.4) is 0 Å². The second-order valence-corrected chi connectivity index (χ2v) is 7.52. The third kappa shape index (κ3) is 5.44. The van der Waals surface area contributed by atoms with Gasteiger partial charge >= 0.3 is 6.03 Å². The van der Waals surface area contributed by atoms with Crippen molar-refractivity contribution in [1.82, 2.24) is 10.2 Å². The van der Waals surface area contributed by atoms with Crippen LogP contribution in [0.1, 0.15) is 34.1 Å². The van der Waals surface area contributed by atoms with E-state index in [9.17, 15) is 14.0 Å². The maximum Gasteiger partial charge on any atom is 0.317 e. The quantitative estimate of drug-likeness (QED) is 0.857. The van der Waals surface area contributed by atoms with Crippen molar-refractivity contribution in [1.29, 1.82) is 0 Å². The topological polar surface area (TPSA) is 52.7 Å². The zero-order valence-electron chi connectivity index (χ0n) is 15.5. The van der Waals surface area contributed by atoms with Crippen molar-refractivity contribution >= 4 is 17.6 Å². The summed E-state index contributed by atoms with van der Waals surface area (Å²) in [5.74, 6) is 0.366. The van der Waals surface area contributed by atoms with E-state index in [2.05, 4.69) is 33.0 Å². The van der Waals surface area contributed by atoms with E-state index in [1.54, 1.807) is 17.0 Å². The lowest BCUT2D eigenvalue weighted by Crippen LogP contribution is -2.48. The van der Waals surface area contributed by atoms with Crippen LogP contribution < -0.4 is 10.2 Å². The van der Waals surface area contributed by atoms with Gasteiger partial charge in [0.2, 0.25) is 5.91 Å². The number of anilines is 1. The lowest BCUT2D eigenvalue weighted by atomic mass is 10.1. The zero-order chi connectivity index (χ0) is 18.6. The minimum Gasteiger partial charge on any atom is -0.333 e. The van der Waals surface area contributed by atoms with Gasteiger partial charge in [-0.25, -0.2) is 9.18 Å². The minimum atomic E-state index is -0.335. The summed E-state index contributed by atoms with van der Waals surface area (Å²) in [7, 11) is 0. The molecule has 0 aliphatic carbocycles. The Hall–Kier alpha value is -2.11. The van der Waals surface area contributed by atoms with E-state index in [1.807, 2.05) is 4.90 Å². The average molecular weight is 349 g/mol. The van der Waals surface area contributed by atoms with Gasteiger partial charge in [0.15, 0.2) is 0 Å². The Bertz CT molecular complexity index is 591. The second-order valence-electron chi connectivity index (χ2n) is 7.52. The molecule has 2 rings (SSSR count). The fourth-order valence-electron chi connectivity index (χ4n) is 3.06. The lowest BCUT2D eigenvalue weighted by Gasteiger charge is -2.28. The smallest absolute Gasteiger partial charge is 0.317 e. The van der Waals surface area contributed by atoms with Crippen molar-refractivity contribution < 1.29 is 14.0 Å². The Morgan fingerprint density at radius 1 is 1.20 bits per heavy atom. The Kier molecular flexibility index (Phi) is 6.39. The van der Waals surface area contributed by atoms with E-state index in [0.29, 0.717) is 37.2 Å². The average Bonchev–Trinajstić information content (AvgIpc) is 2.87. The Labute approximate surface area is 149 Å². The molecule has 138 valence electrons. The first-order chi connectivity index (χ1) is 11.8. The van der Waals surface area contributed by atoms with Gasteiger partial charge in [-0.2, -0.15) is 0 Å². The predicted octanol–water partition coefficient (Wildman–Crippen LogP) is 3.25. The molecule has 0 saturated carbocycles. The standard InChI is InChI=1S/C19H28FN3O2/c1-13(2)10-22(11-14(3)4)19(25)21-16-9-18(24)23(12-16)17-7-5-15(20)6-8-17/h5-8,13-14,16H,9-12H2,1-4H3,(H,21,25)/t16-/m0/s1. The molecule has 1 aliphatic heterocycles. The first-order valence-electron chi connectivity index (χ1n) is 8.87. The second kappa shape index (κ2) is 8.32. The summed E-state index contributed by atoms with van der Waals surface area (Å²) in [5.41, 5.74) is 0.657. The maximum atomic E-state index is 13.1. The molecule has 1 saturated heterocycles. The lowest BCUT2D eigenvalue weighted by molar-refractivity contribution is -0.117. The molecule has 1 heterocycles. The first-order valence-corrected chi connectivity index (χ1v) is 8.87. The van der Waals surface area contributed by atoms with Gasteiger partial charge in [-0.3, -0.25) is 4.79 Å². The highest BCUT2D eigenvalue weighted by Crippen LogP contribution is 2.22. The number of carbonyl (C=O) groups excluding carboxylic acids is 2. The number of nitrogens with zero attached hydrogens (tertiary/aromatic N) is 2. The van der Waals surface area contributed by atoms with Crippen molar-refractivity contribution in [2.75, 3.05) is 24.5 Å². The normalized spacial score (nSPS) is 17.5. The number of benzene rings is 1. The van der Waals surface area contributed by atoms with Crippen LogP contribution in [0.2, 0.25) is 0 Å². The van der Waals surface area contributed by atoms with Gasteiger partial charge in [0, 0.05) is 31.7 Å². The SMILES string of the molecule is CC(C)CN(CC(C)C)C(=O)N[C@H]1CC(=O)N(c2ccc(F)cc2)C1. The third-order valence-corrected chi connectivity index (χ3v) is 4.05. The monoisotopic (exact) mass is 349 g/mol. The number of carbonyl (C=O) groups is 2. The highest BCUT2D eigenvalue weighted by molar-refractivity contribution is 5.96. The molecule has 0 spiro atoms. The van der Waals surface area contributed by atoms with Crippen LogP contribution in [0.25, 0.3) is 0 Å². The molecular formula is C19H28FN3O2. The van der Waals surface area contributed by atoms with Gasteiger partial charge in [-0.1, -0.05) is 27.7 Å². The van der Waals surface area contributed by atoms with Gasteiger partial charge in [-0.05, 0) is 36.1 Å². The summed E-state index contributed by atoms with van der Waals surface area (Å²) in [6.07, 6.45) is 0.264. The van der Waals surface area contributed by atoms with E-state index in [0.717, 1.165) is 0 Å². The van der Waals surface area contributed by atoms with Crippen molar-refractivity contribution in [2.24, 2.45) is 11.8 Å². The summed E-state index contributed by atoms with van der Waals surface area (Å²) in [5, 5.41) is 2.98. The minimum absolute atomic E-state index is 0.0591. The number of hydrogen-bond acceptors (Lipinski definition) is 2. The molecule has 1 aromatic rings. The fourth-order valence-corrected chi connectivity index (χ4v) is 3.06. The van der Waals surface area contributed by atoms with E-state index >= 15 is 0 Å². The van der Waals surface area contributed by atoms with Gasteiger partial charge in [-0.15, -0.1) is 0 Å². The van der Waals surface area contributed by atoms with E-state index in [-0.39, 0.29) is 30.2 Å². The maximum absolute atomic E-state index is 13.1. The third-order valence-electron chi connectivity index (χ3n) is 4.05. The molecule has 5 nitrogen and oxygen atoms in total. The Morgan fingerprint density at radius 3 is 2.28 bits per heavy atom. The molecule has 6 heteroatoms. The van der Waals surface area contributed by atoms with Crippen molar-refractivity contribution in [3.05, 3.63) is 30.1 Å². The molecule has 1 aromatic carbocycles. The highest BCUT2D eigenvalue weighted by atomic mass is 19.1. The van der Waals surface area contributed by atoms with Crippen LogP contribution >= 0.6 is 0 Å². The number of halogens is 1. The number of hydrogen-bond donors (Lipinski definition) is 1. The molecule has 1 aliphatic rings. The van der Waals surface area contributed by atoms with Gasteiger partial charge in [0.1, 0.15) is 5.82 Å². The highest BCUT2D eigenvalue weighted by Gasteiger charge is 2.32. The fraction of sp³-hybridized carbons (Fsp3) is 0.579. The predicted molar refractivity (Wildman–Crippen MR) is 96.9 cm³/mol. The summed E-state index contributed by atoms with van der Waals surface area (Å²) >= 11 is 0. The molecule has 1 N–H and O–H groups in total. The Morgan fingerprint density at radius 2 is 1.76 bits per heavy atom. The number of urea groups is 1. The Balaban J connectivity index is 1.99. The number of amides is 3. The van der Waals surface area contributed by atoms with E-state index in [4.69, 9.17) is 0 Å². The van der Waals surface area contributed by atoms with Gasteiger partial charge < -0.3 is 15.1 Å².